The van der Waals surface area contributed by atoms with Crippen LogP contribution >= 0.6 is 0 Å². The number of piperidine rings is 1. The molecular formula is C27H41N5O5SSi. The molecule has 2 aromatic rings. The number of allylic oxidation sites excluding steroid dienone is 1. The number of methoxy groups -OCH3 is 2. The van der Waals surface area contributed by atoms with E-state index in [4.69, 9.17) is 13.9 Å². The summed E-state index contributed by atoms with van der Waals surface area (Å²) in [6, 6.07) is 3.79. The molecular weight excluding hydrogens is 534 g/mol. The van der Waals surface area contributed by atoms with Gasteiger partial charge in [-0.1, -0.05) is 20.8 Å². The molecule has 0 aliphatic carbocycles. The summed E-state index contributed by atoms with van der Waals surface area (Å²) in [7, 11) is -2.58. The van der Waals surface area contributed by atoms with Crippen LogP contribution < -0.4 is 14.4 Å². The predicted molar refractivity (Wildman–Crippen MR) is 158 cm³/mol. The zero-order valence-electron chi connectivity index (χ0n) is 24.3. The van der Waals surface area contributed by atoms with E-state index in [0.29, 0.717) is 36.7 Å². The molecule has 0 amide bonds. The molecule has 0 N–H and O–H groups in total. The van der Waals surface area contributed by atoms with Gasteiger partial charge in [0.2, 0.25) is 0 Å². The van der Waals surface area contributed by atoms with Crippen LogP contribution in [0.4, 0.5) is 5.82 Å². The largest absolute Gasteiger partial charge is 0.493 e. The van der Waals surface area contributed by atoms with Gasteiger partial charge >= 0.3 is 10.2 Å². The molecule has 10 nitrogen and oxygen atoms in total. The van der Waals surface area contributed by atoms with Crippen molar-refractivity contribution in [3.63, 3.8) is 0 Å². The Balaban J connectivity index is 1.62. The third-order valence-electron chi connectivity index (χ3n) is 8.13. The van der Waals surface area contributed by atoms with Crippen LogP contribution in [0.3, 0.4) is 0 Å². The van der Waals surface area contributed by atoms with Crippen molar-refractivity contribution >= 4 is 41.0 Å². The van der Waals surface area contributed by atoms with Gasteiger partial charge in [-0.3, -0.25) is 4.31 Å². The van der Waals surface area contributed by atoms with E-state index in [2.05, 4.69) is 53.1 Å². The molecule has 1 aromatic heterocycles. The summed E-state index contributed by atoms with van der Waals surface area (Å²) in [5.74, 6) is 2.26. The summed E-state index contributed by atoms with van der Waals surface area (Å²) in [5.41, 5.74) is 1.27. The van der Waals surface area contributed by atoms with Gasteiger partial charge in [-0.15, -0.1) is 0 Å². The first-order valence-corrected chi connectivity index (χ1v) is 17.6. The highest BCUT2D eigenvalue weighted by Crippen LogP contribution is 2.41. The highest BCUT2D eigenvalue weighted by atomic mass is 32.2. The number of anilines is 1. The maximum Gasteiger partial charge on any atom is 0.344 e. The molecule has 0 spiro atoms. The van der Waals surface area contributed by atoms with E-state index in [9.17, 15) is 8.42 Å². The Morgan fingerprint density at radius 2 is 1.79 bits per heavy atom. The van der Waals surface area contributed by atoms with Crippen molar-refractivity contribution in [2.24, 2.45) is 10.3 Å². The highest BCUT2D eigenvalue weighted by molar-refractivity contribution is 7.88. The number of hydrogen-bond acceptors (Lipinski definition) is 8. The second-order valence-corrected chi connectivity index (χ2v) is 18.1. The molecule has 12 heteroatoms. The lowest BCUT2D eigenvalue weighted by Gasteiger charge is -2.46. The van der Waals surface area contributed by atoms with Gasteiger partial charge in [0.25, 0.3) is 0 Å². The number of aromatic nitrogens is 2. The van der Waals surface area contributed by atoms with Gasteiger partial charge in [-0.2, -0.15) is 12.8 Å². The van der Waals surface area contributed by atoms with Crippen LogP contribution in [0.15, 0.2) is 35.1 Å². The van der Waals surface area contributed by atoms with E-state index in [1.54, 1.807) is 39.7 Å². The molecule has 214 valence electrons. The SMILES string of the molecule is COc1cc2ncnc(N3CC[C@H](CCN4C=CC(C)=NS4(=O)=O)[C@@H](O[Si](C)(C)C(C)(C)C)C3)c2cc1OC. The minimum Gasteiger partial charge on any atom is -0.493 e. The fraction of sp³-hybridized carbons (Fsp3) is 0.593. The second-order valence-electron chi connectivity index (χ2n) is 11.8. The monoisotopic (exact) mass is 575 g/mol. The quantitative estimate of drug-likeness (QED) is 0.414. The van der Waals surface area contributed by atoms with Crippen LogP contribution in [0.2, 0.25) is 18.1 Å². The second kappa shape index (κ2) is 11.1. The molecule has 1 aromatic carbocycles. The predicted octanol–water partition coefficient (Wildman–Crippen LogP) is 4.79. The standard InChI is InChI=1S/C27H41N5O5SSi/c1-19-9-13-32(38(33,34)30-19)14-11-20-10-12-31(17-25(20)37-39(7,8)27(2,3)4)26-21-15-23(35-5)24(36-6)16-22(21)28-18-29-26/h9,13,15-16,18,20,25H,10-12,14,17H2,1-8H3/t20-,25+/m1/s1. The van der Waals surface area contributed by atoms with Gasteiger partial charge in [0, 0.05) is 37.3 Å². The van der Waals surface area contributed by atoms with Gasteiger partial charge in [0.1, 0.15) is 12.1 Å². The topological polar surface area (TPSA) is 106 Å². The lowest BCUT2D eigenvalue weighted by molar-refractivity contribution is 0.0946. The van der Waals surface area contributed by atoms with Crippen molar-refractivity contribution in [1.29, 1.82) is 0 Å². The van der Waals surface area contributed by atoms with E-state index in [-0.39, 0.29) is 17.1 Å². The Labute approximate surface area is 233 Å². The van der Waals surface area contributed by atoms with E-state index in [1.165, 1.54) is 4.31 Å². The lowest BCUT2D eigenvalue weighted by atomic mass is 9.90. The van der Waals surface area contributed by atoms with E-state index >= 15 is 0 Å². The average Bonchev–Trinajstić information content (AvgIpc) is 2.86. The molecule has 0 bridgehead atoms. The first-order chi connectivity index (χ1) is 18.3. The van der Waals surface area contributed by atoms with Gasteiger partial charge in [0.15, 0.2) is 19.8 Å². The fourth-order valence-electron chi connectivity index (χ4n) is 4.81. The van der Waals surface area contributed by atoms with Crippen LogP contribution in [0, 0.1) is 5.92 Å². The number of rotatable bonds is 8. The number of nitrogens with zero attached hydrogens (tertiary/aromatic N) is 5. The van der Waals surface area contributed by atoms with Crippen LogP contribution in [0.25, 0.3) is 10.9 Å². The molecule has 1 fully saturated rings. The maximum absolute atomic E-state index is 12.6. The zero-order chi connectivity index (χ0) is 28.6. The van der Waals surface area contributed by atoms with Crippen LogP contribution in [-0.2, 0) is 14.6 Å². The van der Waals surface area contributed by atoms with Crippen LogP contribution in [0.5, 0.6) is 11.5 Å². The van der Waals surface area contributed by atoms with Gasteiger partial charge in [-0.05, 0) is 56.0 Å². The molecule has 3 heterocycles. The highest BCUT2D eigenvalue weighted by Gasteiger charge is 2.42. The molecule has 4 rings (SSSR count). The number of hydrogen-bond donors (Lipinski definition) is 0. The van der Waals surface area contributed by atoms with Crippen molar-refractivity contribution < 1.29 is 22.3 Å². The summed E-state index contributed by atoms with van der Waals surface area (Å²) in [6.45, 7) is 14.7. The summed E-state index contributed by atoms with van der Waals surface area (Å²) < 4.78 is 48.4. The Hall–Kier alpha value is -2.70. The number of ether oxygens (including phenoxy) is 2. The maximum atomic E-state index is 12.6. The van der Waals surface area contributed by atoms with E-state index in [1.807, 2.05) is 12.1 Å². The molecule has 0 saturated carbocycles. The smallest absolute Gasteiger partial charge is 0.344 e. The van der Waals surface area contributed by atoms with Crippen LogP contribution in [0.1, 0.15) is 40.5 Å². The van der Waals surface area contributed by atoms with Gasteiger partial charge < -0.3 is 18.8 Å². The lowest BCUT2D eigenvalue weighted by Crippen LogP contribution is -2.53. The van der Waals surface area contributed by atoms with Crippen molar-refractivity contribution in [2.45, 2.75) is 64.8 Å². The summed E-state index contributed by atoms with van der Waals surface area (Å²) in [4.78, 5) is 11.4. The van der Waals surface area contributed by atoms with Gasteiger partial charge in [-0.25, -0.2) is 9.97 Å². The molecule has 0 unspecified atom stereocenters. The third kappa shape index (κ3) is 6.22. The normalized spacial score (nSPS) is 21.7. The molecule has 39 heavy (non-hydrogen) atoms. The first-order valence-electron chi connectivity index (χ1n) is 13.3. The van der Waals surface area contributed by atoms with Crippen molar-refractivity contribution in [3.05, 3.63) is 30.7 Å². The first kappa shape index (κ1) is 29.3. The summed E-state index contributed by atoms with van der Waals surface area (Å²) >= 11 is 0. The minimum absolute atomic E-state index is 0.0382. The minimum atomic E-state index is -3.69. The summed E-state index contributed by atoms with van der Waals surface area (Å²) in [5, 5.41) is 0.925. The van der Waals surface area contributed by atoms with E-state index < -0.39 is 18.5 Å². The number of benzene rings is 1. The van der Waals surface area contributed by atoms with E-state index in [0.717, 1.165) is 29.7 Å². The average molecular weight is 576 g/mol. The Bertz CT molecular complexity index is 1370. The Kier molecular flexibility index (Phi) is 8.30. The summed E-state index contributed by atoms with van der Waals surface area (Å²) in [6.07, 6.45) is 6.38. The van der Waals surface area contributed by atoms with Crippen molar-refractivity contribution in [3.8, 4) is 11.5 Å². The van der Waals surface area contributed by atoms with Crippen LogP contribution in [-0.4, -0.2) is 76.7 Å². The molecule has 2 aliphatic rings. The zero-order valence-corrected chi connectivity index (χ0v) is 26.1. The van der Waals surface area contributed by atoms with Crippen molar-refractivity contribution in [1.82, 2.24) is 14.3 Å². The number of fused-ring (bicyclic) bond motifs is 1. The Morgan fingerprint density at radius 1 is 1.10 bits per heavy atom. The molecule has 2 aliphatic heterocycles. The van der Waals surface area contributed by atoms with Crippen molar-refractivity contribution in [2.75, 3.05) is 38.8 Å². The Morgan fingerprint density at radius 3 is 2.44 bits per heavy atom. The fourth-order valence-corrected chi connectivity index (χ4v) is 7.27. The molecule has 0 radical (unpaired) electrons. The molecule has 1 saturated heterocycles. The van der Waals surface area contributed by atoms with Gasteiger partial charge in [0.05, 0.1) is 31.6 Å². The molecule has 2 atom stereocenters. The third-order valence-corrected chi connectivity index (χ3v) is 14.0.